The molecule has 0 aliphatic heterocycles. The molecule has 0 heterocycles. The molecule has 0 unspecified atom stereocenters. The lowest BCUT2D eigenvalue weighted by atomic mass is 9.85. The van der Waals surface area contributed by atoms with Crippen molar-refractivity contribution in [2.45, 2.75) is 25.7 Å². The molecular weight excluding hydrogens is 168 g/mol. The zero-order valence-electron chi connectivity index (χ0n) is 8.61. The molecular formula is C14H16. The number of benzene rings is 1. The number of hydrogen-bond donors (Lipinski definition) is 0. The number of rotatable bonds is 1. The second-order valence-corrected chi connectivity index (χ2v) is 4.74. The number of hydrogen-bond acceptors (Lipinski definition) is 0. The minimum Gasteiger partial charge on any atom is -0.0851 e. The van der Waals surface area contributed by atoms with E-state index in [0.29, 0.717) is 0 Å². The fourth-order valence-corrected chi connectivity index (χ4v) is 3.14. The molecule has 1 aromatic carbocycles. The van der Waals surface area contributed by atoms with Gasteiger partial charge in [-0.3, -0.25) is 0 Å². The highest BCUT2D eigenvalue weighted by atomic mass is 14.4. The van der Waals surface area contributed by atoms with Crippen LogP contribution in [0.3, 0.4) is 0 Å². The minimum atomic E-state index is 0.811. The quantitative estimate of drug-likeness (QED) is 0.584. The molecule has 0 heteroatoms. The molecule has 2 aliphatic carbocycles. The summed E-state index contributed by atoms with van der Waals surface area (Å²) in [6.07, 6.45) is 7.63. The highest BCUT2D eigenvalue weighted by molar-refractivity contribution is 5.33. The fraction of sp³-hybridized carbons (Fsp3) is 0.429. The number of fused-ring (bicyclic) bond motifs is 2. The Bertz CT molecular complexity index is 375. The summed E-state index contributed by atoms with van der Waals surface area (Å²) in [5.74, 6) is 2.52. The van der Waals surface area contributed by atoms with E-state index in [0.717, 1.165) is 17.8 Å². The van der Waals surface area contributed by atoms with E-state index >= 15 is 0 Å². The second-order valence-electron chi connectivity index (χ2n) is 4.74. The van der Waals surface area contributed by atoms with E-state index in [2.05, 4.69) is 43.3 Å². The van der Waals surface area contributed by atoms with Gasteiger partial charge in [-0.25, -0.2) is 0 Å². The van der Waals surface area contributed by atoms with Gasteiger partial charge in [-0.1, -0.05) is 36.4 Å². The van der Waals surface area contributed by atoms with E-state index in [1.807, 2.05) is 0 Å². The first-order valence-corrected chi connectivity index (χ1v) is 5.58. The van der Waals surface area contributed by atoms with Crippen LogP contribution < -0.4 is 0 Å². The Morgan fingerprint density at radius 3 is 2.57 bits per heavy atom. The first-order valence-electron chi connectivity index (χ1n) is 5.58. The summed E-state index contributed by atoms with van der Waals surface area (Å²) in [6.45, 7) is 2.24. The summed E-state index contributed by atoms with van der Waals surface area (Å²) >= 11 is 0. The molecule has 2 aliphatic rings. The van der Waals surface area contributed by atoms with Gasteiger partial charge in [0.15, 0.2) is 0 Å². The molecule has 0 nitrogen and oxygen atoms in total. The van der Waals surface area contributed by atoms with Crippen LogP contribution in [0, 0.1) is 18.8 Å². The lowest BCUT2D eigenvalue weighted by molar-refractivity contribution is 0.583. The van der Waals surface area contributed by atoms with Crippen molar-refractivity contribution in [2.75, 3.05) is 0 Å². The average molecular weight is 184 g/mol. The van der Waals surface area contributed by atoms with Crippen LogP contribution in [0.2, 0.25) is 0 Å². The van der Waals surface area contributed by atoms with E-state index in [1.54, 1.807) is 5.56 Å². The largest absolute Gasteiger partial charge is 0.0851 e. The molecule has 2 bridgehead atoms. The lowest BCUT2D eigenvalue weighted by Gasteiger charge is -2.20. The first-order chi connectivity index (χ1) is 6.84. The SMILES string of the molecule is Cc1ccccc1[C@H]1C[C@@H]2C=C[C@H]1C2. The molecule has 0 radical (unpaired) electrons. The van der Waals surface area contributed by atoms with E-state index in [1.165, 1.54) is 18.4 Å². The van der Waals surface area contributed by atoms with Crippen molar-refractivity contribution in [3.8, 4) is 0 Å². The highest BCUT2D eigenvalue weighted by Crippen LogP contribution is 2.49. The molecule has 14 heavy (non-hydrogen) atoms. The fourth-order valence-electron chi connectivity index (χ4n) is 3.14. The van der Waals surface area contributed by atoms with Gasteiger partial charge in [0.1, 0.15) is 0 Å². The molecule has 0 aromatic heterocycles. The average Bonchev–Trinajstić information content (AvgIpc) is 2.79. The standard InChI is InChI=1S/C14H16/c1-10-4-2-3-5-13(10)14-9-11-6-7-12(14)8-11/h2-7,11-12,14H,8-9H2,1H3/t11-,12+,14+/m1/s1. The number of allylic oxidation sites excluding steroid dienone is 2. The highest BCUT2D eigenvalue weighted by Gasteiger charge is 2.36. The van der Waals surface area contributed by atoms with Gasteiger partial charge in [0.05, 0.1) is 0 Å². The summed E-state index contributed by atoms with van der Waals surface area (Å²) in [4.78, 5) is 0. The minimum absolute atomic E-state index is 0.811. The molecule has 0 amide bonds. The zero-order chi connectivity index (χ0) is 9.54. The molecule has 0 N–H and O–H groups in total. The summed E-state index contributed by atoms with van der Waals surface area (Å²) in [5.41, 5.74) is 3.06. The van der Waals surface area contributed by atoms with Crippen molar-refractivity contribution in [1.82, 2.24) is 0 Å². The molecule has 3 rings (SSSR count). The van der Waals surface area contributed by atoms with Crippen LogP contribution in [0.15, 0.2) is 36.4 Å². The Morgan fingerprint density at radius 1 is 1.07 bits per heavy atom. The van der Waals surface area contributed by atoms with Crippen LogP contribution in [0.25, 0.3) is 0 Å². The maximum atomic E-state index is 2.44. The predicted molar refractivity (Wildman–Crippen MR) is 59.3 cm³/mol. The molecule has 1 saturated carbocycles. The summed E-state index contributed by atoms with van der Waals surface area (Å²) < 4.78 is 0. The van der Waals surface area contributed by atoms with Crippen LogP contribution in [0.5, 0.6) is 0 Å². The van der Waals surface area contributed by atoms with Crippen molar-refractivity contribution >= 4 is 0 Å². The third kappa shape index (κ3) is 1.13. The third-order valence-electron chi connectivity index (χ3n) is 3.87. The first kappa shape index (κ1) is 8.28. The van der Waals surface area contributed by atoms with Crippen molar-refractivity contribution < 1.29 is 0 Å². The topological polar surface area (TPSA) is 0 Å². The summed E-state index contributed by atoms with van der Waals surface area (Å²) in [6, 6.07) is 8.87. The van der Waals surface area contributed by atoms with Crippen molar-refractivity contribution in [3.05, 3.63) is 47.5 Å². The predicted octanol–water partition coefficient (Wildman–Crippen LogP) is 3.67. The van der Waals surface area contributed by atoms with Crippen LogP contribution in [0.1, 0.15) is 29.9 Å². The second kappa shape index (κ2) is 2.98. The Kier molecular flexibility index (Phi) is 1.76. The van der Waals surface area contributed by atoms with Gasteiger partial charge in [-0.2, -0.15) is 0 Å². The normalized spacial score (nSPS) is 33.9. The van der Waals surface area contributed by atoms with Gasteiger partial charge in [0, 0.05) is 0 Å². The molecule has 1 aromatic rings. The van der Waals surface area contributed by atoms with Gasteiger partial charge in [0.2, 0.25) is 0 Å². The van der Waals surface area contributed by atoms with Crippen molar-refractivity contribution in [1.29, 1.82) is 0 Å². The van der Waals surface area contributed by atoms with Crippen LogP contribution in [0.4, 0.5) is 0 Å². The maximum Gasteiger partial charge on any atom is -0.00906 e. The van der Waals surface area contributed by atoms with E-state index in [-0.39, 0.29) is 0 Å². The monoisotopic (exact) mass is 184 g/mol. The summed E-state index contributed by atoms with van der Waals surface area (Å²) in [7, 11) is 0. The number of aryl methyl sites for hydroxylation is 1. The van der Waals surface area contributed by atoms with Gasteiger partial charge < -0.3 is 0 Å². The molecule has 1 fully saturated rings. The van der Waals surface area contributed by atoms with Crippen LogP contribution >= 0.6 is 0 Å². The Labute approximate surface area is 85.6 Å². The van der Waals surface area contributed by atoms with Crippen molar-refractivity contribution in [3.63, 3.8) is 0 Å². The molecule has 0 spiro atoms. The van der Waals surface area contributed by atoms with Gasteiger partial charge in [-0.05, 0) is 48.6 Å². The molecule has 72 valence electrons. The lowest BCUT2D eigenvalue weighted by Crippen LogP contribution is -2.06. The van der Waals surface area contributed by atoms with Crippen molar-refractivity contribution in [2.24, 2.45) is 11.8 Å². The molecule has 0 saturated heterocycles. The van der Waals surface area contributed by atoms with Crippen LogP contribution in [-0.2, 0) is 0 Å². The van der Waals surface area contributed by atoms with E-state index in [4.69, 9.17) is 0 Å². The van der Waals surface area contributed by atoms with Gasteiger partial charge >= 0.3 is 0 Å². The zero-order valence-corrected chi connectivity index (χ0v) is 8.61. The Balaban J connectivity index is 1.97. The van der Waals surface area contributed by atoms with Crippen LogP contribution in [-0.4, -0.2) is 0 Å². The summed E-state index contributed by atoms with van der Waals surface area (Å²) in [5, 5.41) is 0. The third-order valence-corrected chi connectivity index (χ3v) is 3.87. The smallest absolute Gasteiger partial charge is 0.00906 e. The van der Waals surface area contributed by atoms with Gasteiger partial charge in [0.25, 0.3) is 0 Å². The Morgan fingerprint density at radius 2 is 1.93 bits per heavy atom. The van der Waals surface area contributed by atoms with E-state index in [9.17, 15) is 0 Å². The Hall–Kier alpha value is -1.04. The van der Waals surface area contributed by atoms with E-state index < -0.39 is 0 Å². The van der Waals surface area contributed by atoms with Gasteiger partial charge in [-0.15, -0.1) is 0 Å². The maximum absolute atomic E-state index is 2.44. The molecule has 3 atom stereocenters.